The van der Waals surface area contributed by atoms with Gasteiger partial charge in [-0.25, -0.2) is 9.37 Å². The first kappa shape index (κ1) is 22.7. The fourth-order valence-electron chi connectivity index (χ4n) is 3.62. The molecule has 1 N–H and O–H groups in total. The number of aromatic nitrogens is 1. The van der Waals surface area contributed by atoms with Crippen LogP contribution in [0.1, 0.15) is 32.2 Å². The first-order valence-electron chi connectivity index (χ1n) is 10.8. The largest absolute Gasteiger partial charge is 0.496 e. The van der Waals surface area contributed by atoms with Crippen LogP contribution in [0.4, 0.5) is 4.39 Å². The smallest absolute Gasteiger partial charge is 0.263 e. The van der Waals surface area contributed by atoms with E-state index in [1.165, 1.54) is 23.5 Å². The summed E-state index contributed by atoms with van der Waals surface area (Å²) in [6, 6.07) is 23.9. The molecule has 33 heavy (non-hydrogen) atoms. The second-order valence-electron chi connectivity index (χ2n) is 7.63. The maximum Gasteiger partial charge on any atom is 0.263 e. The minimum Gasteiger partial charge on any atom is -0.496 e. The highest BCUT2D eigenvalue weighted by molar-refractivity contribution is 7.14. The normalized spacial score (nSPS) is 10.7. The molecular weight excluding hydrogens is 435 g/mol. The highest BCUT2D eigenvalue weighted by Crippen LogP contribution is 2.29. The van der Waals surface area contributed by atoms with E-state index in [4.69, 9.17) is 9.72 Å². The van der Waals surface area contributed by atoms with Gasteiger partial charge in [0.25, 0.3) is 5.91 Å². The first-order valence-corrected chi connectivity index (χ1v) is 11.7. The Bertz CT molecular complexity index is 1210. The van der Waals surface area contributed by atoms with Gasteiger partial charge in [0.2, 0.25) is 0 Å². The number of carbonyl (C=O) groups excluding carboxylic acids is 1. The lowest BCUT2D eigenvalue weighted by atomic mass is 10.1. The van der Waals surface area contributed by atoms with Crippen LogP contribution in [0.25, 0.3) is 11.3 Å². The van der Waals surface area contributed by atoms with Crippen molar-refractivity contribution >= 4 is 17.2 Å². The molecule has 0 unspecified atom stereocenters. The molecule has 1 amide bonds. The zero-order chi connectivity index (χ0) is 23.0. The van der Waals surface area contributed by atoms with Crippen LogP contribution in [-0.2, 0) is 19.4 Å². The summed E-state index contributed by atoms with van der Waals surface area (Å²) in [5.41, 5.74) is 3.62. The lowest BCUT2D eigenvalue weighted by Crippen LogP contribution is -2.22. The zero-order valence-electron chi connectivity index (χ0n) is 18.4. The Balaban J connectivity index is 1.49. The second-order valence-corrected chi connectivity index (χ2v) is 8.71. The predicted octanol–water partition coefficient (Wildman–Crippen LogP) is 6.06. The van der Waals surface area contributed by atoms with Gasteiger partial charge < -0.3 is 10.1 Å². The zero-order valence-corrected chi connectivity index (χ0v) is 19.2. The molecule has 0 aliphatic carbocycles. The van der Waals surface area contributed by atoms with E-state index in [1.54, 1.807) is 19.2 Å². The van der Waals surface area contributed by atoms with E-state index in [9.17, 15) is 9.18 Å². The maximum atomic E-state index is 13.1. The number of hydrogen-bond donors (Lipinski definition) is 1. The Labute approximate surface area is 197 Å². The van der Waals surface area contributed by atoms with Crippen molar-refractivity contribution in [2.24, 2.45) is 0 Å². The fourth-order valence-corrected chi connectivity index (χ4v) is 4.67. The van der Waals surface area contributed by atoms with Gasteiger partial charge in [-0.3, -0.25) is 4.79 Å². The third-order valence-electron chi connectivity index (χ3n) is 5.32. The summed E-state index contributed by atoms with van der Waals surface area (Å²) < 4.78 is 18.6. The van der Waals surface area contributed by atoms with E-state index >= 15 is 0 Å². The molecule has 0 saturated heterocycles. The Morgan fingerprint density at radius 2 is 1.70 bits per heavy atom. The molecule has 0 aliphatic heterocycles. The number of nitrogens with zero attached hydrogens (tertiary/aromatic N) is 1. The number of amides is 1. The minimum atomic E-state index is -0.295. The highest BCUT2D eigenvalue weighted by Gasteiger charge is 2.19. The Morgan fingerprint density at radius 1 is 0.970 bits per heavy atom. The average molecular weight is 461 g/mol. The molecule has 1 heterocycles. The van der Waals surface area contributed by atoms with Gasteiger partial charge in [0, 0.05) is 12.1 Å². The van der Waals surface area contributed by atoms with Crippen molar-refractivity contribution in [3.63, 3.8) is 0 Å². The average Bonchev–Trinajstić information content (AvgIpc) is 3.29. The van der Waals surface area contributed by atoms with Gasteiger partial charge in [0.15, 0.2) is 0 Å². The van der Waals surface area contributed by atoms with Crippen LogP contribution >= 0.6 is 11.3 Å². The summed E-state index contributed by atoms with van der Waals surface area (Å²) in [5, 5.41) is 3.87. The third-order valence-corrected chi connectivity index (χ3v) is 6.43. The van der Waals surface area contributed by atoms with Crippen LogP contribution in [0.5, 0.6) is 5.75 Å². The number of aryl methyl sites for hydroxylation is 2. The number of halogens is 1. The summed E-state index contributed by atoms with van der Waals surface area (Å²) in [5.74, 6) is 0.422. The number of carbonyl (C=O) groups is 1. The molecule has 0 fully saturated rings. The van der Waals surface area contributed by atoms with Crippen LogP contribution in [0.2, 0.25) is 0 Å². The summed E-state index contributed by atoms with van der Waals surface area (Å²) >= 11 is 1.43. The van der Waals surface area contributed by atoms with E-state index in [1.807, 2.05) is 48.5 Å². The van der Waals surface area contributed by atoms with Gasteiger partial charge in [-0.05, 0) is 48.6 Å². The summed E-state index contributed by atoms with van der Waals surface area (Å²) in [6.45, 7) is 0.328. The first-order chi connectivity index (χ1) is 16.1. The lowest BCUT2D eigenvalue weighted by Gasteiger charge is -2.07. The number of ether oxygens (including phenoxy) is 1. The molecular formula is C27H25FN2O2S. The molecule has 4 aromatic rings. The number of hydrogen-bond acceptors (Lipinski definition) is 4. The van der Waals surface area contributed by atoms with Gasteiger partial charge in [-0.1, -0.05) is 60.7 Å². The van der Waals surface area contributed by atoms with Crippen LogP contribution in [0, 0.1) is 5.82 Å². The number of nitrogens with one attached hydrogen (secondary N) is 1. The van der Waals surface area contributed by atoms with E-state index in [0.717, 1.165) is 46.7 Å². The van der Waals surface area contributed by atoms with Crippen molar-refractivity contribution < 1.29 is 13.9 Å². The van der Waals surface area contributed by atoms with Gasteiger partial charge >= 0.3 is 0 Å². The third kappa shape index (κ3) is 5.84. The molecule has 4 rings (SSSR count). The van der Waals surface area contributed by atoms with Gasteiger partial charge in [-0.2, -0.15) is 0 Å². The molecule has 0 saturated carbocycles. The number of rotatable bonds is 9. The van der Waals surface area contributed by atoms with E-state index in [-0.39, 0.29) is 11.7 Å². The topological polar surface area (TPSA) is 51.2 Å². The quantitative estimate of drug-likeness (QED) is 0.330. The summed E-state index contributed by atoms with van der Waals surface area (Å²) in [7, 11) is 1.68. The standard InChI is InChI=1S/C27H25FN2O2S/c1-32-23-12-6-5-8-20(23)11-7-13-24-30-25(21-9-3-2-4-10-21)26(33-24)27(31)29-18-19-14-16-22(28)17-15-19/h2-6,8-10,12,14-17H,7,11,13,18H2,1H3,(H,29,31). The number of methoxy groups -OCH3 is 1. The van der Waals surface area contributed by atoms with E-state index in [0.29, 0.717) is 17.1 Å². The fraction of sp³-hybridized carbons (Fsp3) is 0.185. The second kappa shape index (κ2) is 10.9. The summed E-state index contributed by atoms with van der Waals surface area (Å²) in [4.78, 5) is 18.5. The van der Waals surface area contributed by atoms with Crippen LogP contribution in [-0.4, -0.2) is 18.0 Å². The van der Waals surface area contributed by atoms with Crippen molar-refractivity contribution in [3.8, 4) is 17.0 Å². The molecule has 4 nitrogen and oxygen atoms in total. The van der Waals surface area contributed by atoms with E-state index < -0.39 is 0 Å². The van der Waals surface area contributed by atoms with Crippen molar-refractivity contribution in [1.29, 1.82) is 0 Å². The number of benzene rings is 3. The molecule has 0 radical (unpaired) electrons. The highest BCUT2D eigenvalue weighted by atomic mass is 32.1. The monoisotopic (exact) mass is 460 g/mol. The molecule has 1 aromatic heterocycles. The van der Waals surface area contributed by atoms with Crippen molar-refractivity contribution in [3.05, 3.63) is 106 Å². The molecule has 168 valence electrons. The molecule has 0 bridgehead atoms. The lowest BCUT2D eigenvalue weighted by molar-refractivity contribution is 0.0955. The van der Waals surface area contributed by atoms with Gasteiger partial charge in [0.05, 0.1) is 17.8 Å². The van der Waals surface area contributed by atoms with Gasteiger partial charge in [-0.15, -0.1) is 11.3 Å². The van der Waals surface area contributed by atoms with Crippen molar-refractivity contribution in [2.75, 3.05) is 7.11 Å². The van der Waals surface area contributed by atoms with Crippen molar-refractivity contribution in [1.82, 2.24) is 10.3 Å². The molecule has 3 aromatic carbocycles. The van der Waals surface area contributed by atoms with Crippen LogP contribution < -0.4 is 10.1 Å². The van der Waals surface area contributed by atoms with E-state index in [2.05, 4.69) is 11.4 Å². The number of thiazole rings is 1. The minimum absolute atomic E-state index is 0.174. The summed E-state index contributed by atoms with van der Waals surface area (Å²) in [6.07, 6.45) is 2.54. The molecule has 0 atom stereocenters. The van der Waals surface area contributed by atoms with Crippen molar-refractivity contribution in [2.45, 2.75) is 25.8 Å². The maximum absolute atomic E-state index is 13.1. The Kier molecular flexibility index (Phi) is 7.47. The molecule has 0 aliphatic rings. The Hall–Kier alpha value is -3.51. The number of para-hydroxylation sites is 1. The molecule has 6 heteroatoms. The predicted molar refractivity (Wildman–Crippen MR) is 130 cm³/mol. The SMILES string of the molecule is COc1ccccc1CCCc1nc(-c2ccccc2)c(C(=O)NCc2ccc(F)cc2)s1. The van der Waals surface area contributed by atoms with Gasteiger partial charge in [0.1, 0.15) is 16.4 Å². The van der Waals surface area contributed by atoms with Crippen LogP contribution in [0.3, 0.4) is 0 Å². The van der Waals surface area contributed by atoms with Crippen LogP contribution in [0.15, 0.2) is 78.9 Å². The molecule has 0 spiro atoms. The Morgan fingerprint density at radius 3 is 2.45 bits per heavy atom.